The molecule has 2 heterocycles. The number of methoxy groups -OCH3 is 1. The van der Waals surface area contributed by atoms with E-state index in [0.29, 0.717) is 33.7 Å². The summed E-state index contributed by atoms with van der Waals surface area (Å²) in [5.74, 6) is -0.107. The number of amides is 1. The largest absolute Gasteiger partial charge is 0.495 e. The molecule has 1 aliphatic heterocycles. The van der Waals surface area contributed by atoms with E-state index in [-0.39, 0.29) is 23.5 Å². The Labute approximate surface area is 161 Å². The molecule has 1 amide bonds. The normalized spacial score (nSPS) is 21.3. The summed E-state index contributed by atoms with van der Waals surface area (Å²) in [4.78, 5) is 24.8. The molecule has 3 rings (SSSR count). The van der Waals surface area contributed by atoms with Gasteiger partial charge in [-0.1, -0.05) is 11.6 Å². The monoisotopic (exact) mass is 413 g/mol. The molecule has 0 spiro atoms. The van der Waals surface area contributed by atoms with E-state index in [2.05, 4.69) is 5.32 Å². The molecule has 1 N–H and O–H groups in total. The minimum absolute atomic E-state index is 0.0429. The molecule has 1 atom stereocenters. The molecule has 2 aromatic rings. The second-order valence-corrected chi connectivity index (χ2v) is 9.69. The van der Waals surface area contributed by atoms with Gasteiger partial charge >= 0.3 is 5.63 Å². The number of sulfone groups is 1. The number of hydrogen-bond acceptors (Lipinski definition) is 6. The van der Waals surface area contributed by atoms with Crippen molar-refractivity contribution < 1.29 is 22.4 Å². The number of rotatable bonds is 4. The Balaban J connectivity index is 1.91. The van der Waals surface area contributed by atoms with Gasteiger partial charge in [0.2, 0.25) is 5.91 Å². The maximum atomic E-state index is 12.5. The van der Waals surface area contributed by atoms with Gasteiger partial charge in [0.05, 0.1) is 41.2 Å². The zero-order valence-corrected chi connectivity index (χ0v) is 16.8. The second-order valence-electron chi connectivity index (χ2n) is 7.10. The van der Waals surface area contributed by atoms with E-state index in [4.69, 9.17) is 20.8 Å². The highest BCUT2D eigenvalue weighted by atomic mass is 35.5. The molecule has 9 heteroatoms. The molecule has 0 radical (unpaired) electrons. The van der Waals surface area contributed by atoms with Crippen LogP contribution in [0.2, 0.25) is 5.02 Å². The van der Waals surface area contributed by atoms with Crippen molar-refractivity contribution in [3.05, 3.63) is 38.7 Å². The van der Waals surface area contributed by atoms with Crippen molar-refractivity contribution in [2.45, 2.75) is 32.2 Å². The number of benzene rings is 1. The van der Waals surface area contributed by atoms with Crippen molar-refractivity contribution in [3.63, 3.8) is 0 Å². The van der Waals surface area contributed by atoms with Gasteiger partial charge < -0.3 is 14.5 Å². The van der Waals surface area contributed by atoms with Gasteiger partial charge in [-0.3, -0.25) is 4.79 Å². The fraction of sp³-hybridized carbons (Fsp3) is 0.444. The zero-order chi connectivity index (χ0) is 20.0. The number of ether oxygens (including phenoxy) is 1. The van der Waals surface area contributed by atoms with Crippen molar-refractivity contribution >= 4 is 38.3 Å². The van der Waals surface area contributed by atoms with Gasteiger partial charge in [-0.2, -0.15) is 0 Å². The molecular weight excluding hydrogens is 394 g/mol. The second kappa shape index (κ2) is 6.83. The zero-order valence-electron chi connectivity index (χ0n) is 15.2. The van der Waals surface area contributed by atoms with E-state index in [1.54, 1.807) is 19.9 Å². The highest BCUT2D eigenvalue weighted by Gasteiger charge is 2.39. The molecule has 1 aliphatic rings. The molecule has 27 heavy (non-hydrogen) atoms. The minimum Gasteiger partial charge on any atom is -0.495 e. The molecule has 1 aromatic carbocycles. The van der Waals surface area contributed by atoms with Crippen LogP contribution in [0, 0.1) is 6.92 Å². The lowest BCUT2D eigenvalue weighted by Gasteiger charge is -2.24. The Morgan fingerprint density at radius 3 is 2.70 bits per heavy atom. The van der Waals surface area contributed by atoms with E-state index in [9.17, 15) is 18.0 Å². The number of carbonyl (C=O) groups is 1. The third-order valence-electron chi connectivity index (χ3n) is 4.84. The smallest absolute Gasteiger partial charge is 0.340 e. The molecule has 1 saturated heterocycles. The number of nitrogens with one attached hydrogen (secondary N) is 1. The summed E-state index contributed by atoms with van der Waals surface area (Å²) in [7, 11) is -1.69. The van der Waals surface area contributed by atoms with Crippen molar-refractivity contribution in [2.24, 2.45) is 0 Å². The highest BCUT2D eigenvalue weighted by Crippen LogP contribution is 2.31. The fourth-order valence-electron chi connectivity index (χ4n) is 3.40. The quantitative estimate of drug-likeness (QED) is 0.769. The molecule has 0 bridgehead atoms. The number of halogens is 1. The highest BCUT2D eigenvalue weighted by molar-refractivity contribution is 7.91. The predicted molar refractivity (Wildman–Crippen MR) is 102 cm³/mol. The van der Waals surface area contributed by atoms with Crippen LogP contribution in [0.15, 0.2) is 21.3 Å². The predicted octanol–water partition coefficient (Wildman–Crippen LogP) is 2.00. The summed E-state index contributed by atoms with van der Waals surface area (Å²) in [6.45, 7) is 3.41. The van der Waals surface area contributed by atoms with Crippen LogP contribution in [0.3, 0.4) is 0 Å². The summed E-state index contributed by atoms with van der Waals surface area (Å²) in [5.41, 5.74) is -0.325. The van der Waals surface area contributed by atoms with E-state index in [1.807, 2.05) is 0 Å². The lowest BCUT2D eigenvalue weighted by molar-refractivity contribution is -0.122. The molecule has 1 aromatic heterocycles. The first-order valence-electron chi connectivity index (χ1n) is 8.35. The standard InChI is InChI=1S/C18H20ClNO6S/c1-10-11-6-13(19)15(25-3)8-14(11)26-17(22)12(10)7-16(21)20-18(2)4-5-27(23,24)9-18/h6,8H,4-5,7,9H2,1-3H3,(H,20,21)/t18-/m0/s1. The van der Waals surface area contributed by atoms with Crippen LogP contribution in [0.1, 0.15) is 24.5 Å². The van der Waals surface area contributed by atoms with Gasteiger partial charge in [-0.05, 0) is 31.9 Å². The molecular formula is C18H20ClNO6S. The topological polar surface area (TPSA) is 103 Å². The number of fused-ring (bicyclic) bond motifs is 1. The van der Waals surface area contributed by atoms with E-state index < -0.39 is 26.9 Å². The summed E-state index contributed by atoms with van der Waals surface area (Å²) in [6, 6.07) is 3.15. The van der Waals surface area contributed by atoms with E-state index in [1.165, 1.54) is 13.2 Å². The number of aryl methyl sites for hydroxylation is 1. The van der Waals surface area contributed by atoms with Crippen LogP contribution in [-0.2, 0) is 21.1 Å². The molecule has 7 nitrogen and oxygen atoms in total. The van der Waals surface area contributed by atoms with Crippen molar-refractivity contribution in [3.8, 4) is 5.75 Å². The Hall–Kier alpha value is -2.06. The van der Waals surface area contributed by atoms with Gasteiger partial charge in [-0.25, -0.2) is 13.2 Å². The average molecular weight is 414 g/mol. The van der Waals surface area contributed by atoms with Gasteiger partial charge in [0.15, 0.2) is 9.84 Å². The Kier molecular flexibility index (Phi) is 4.98. The average Bonchev–Trinajstić information content (AvgIpc) is 2.84. The first-order valence-corrected chi connectivity index (χ1v) is 10.5. The van der Waals surface area contributed by atoms with Gasteiger partial charge in [0.1, 0.15) is 11.3 Å². The molecule has 0 saturated carbocycles. The maximum Gasteiger partial charge on any atom is 0.340 e. The van der Waals surface area contributed by atoms with Gasteiger partial charge in [0, 0.05) is 11.5 Å². The van der Waals surface area contributed by atoms with Crippen LogP contribution >= 0.6 is 11.6 Å². The van der Waals surface area contributed by atoms with Crippen molar-refractivity contribution in [2.75, 3.05) is 18.6 Å². The van der Waals surface area contributed by atoms with Crippen LogP contribution in [0.4, 0.5) is 0 Å². The van der Waals surface area contributed by atoms with E-state index in [0.717, 1.165) is 0 Å². The number of hydrogen-bond donors (Lipinski definition) is 1. The SMILES string of the molecule is COc1cc2oc(=O)c(CC(=O)N[C@@]3(C)CCS(=O)(=O)C3)c(C)c2cc1Cl. The molecule has 146 valence electrons. The first-order chi connectivity index (χ1) is 12.5. The Morgan fingerprint density at radius 2 is 2.11 bits per heavy atom. The molecule has 1 fully saturated rings. The molecule has 0 aliphatic carbocycles. The van der Waals surface area contributed by atoms with Crippen molar-refractivity contribution in [1.29, 1.82) is 0 Å². The minimum atomic E-state index is -3.15. The summed E-state index contributed by atoms with van der Waals surface area (Å²) in [6.07, 6.45) is 0.144. The lowest BCUT2D eigenvalue weighted by Crippen LogP contribution is -2.47. The van der Waals surface area contributed by atoms with Crippen molar-refractivity contribution in [1.82, 2.24) is 5.32 Å². The summed E-state index contributed by atoms with van der Waals surface area (Å²) < 4.78 is 33.8. The van der Waals surface area contributed by atoms with Gasteiger partial charge in [-0.15, -0.1) is 0 Å². The van der Waals surface area contributed by atoms with Gasteiger partial charge in [0.25, 0.3) is 0 Å². The third kappa shape index (κ3) is 3.96. The third-order valence-corrected chi connectivity index (χ3v) is 7.04. The summed E-state index contributed by atoms with van der Waals surface area (Å²) >= 11 is 6.15. The molecule has 0 unspecified atom stereocenters. The number of carbonyl (C=O) groups excluding carboxylic acids is 1. The fourth-order valence-corrected chi connectivity index (χ4v) is 5.73. The summed E-state index contributed by atoms with van der Waals surface area (Å²) in [5, 5.41) is 3.72. The van der Waals surface area contributed by atoms with E-state index >= 15 is 0 Å². The van der Waals surface area contributed by atoms with Crippen LogP contribution in [-0.4, -0.2) is 38.5 Å². The van der Waals surface area contributed by atoms with Crippen LogP contribution in [0.25, 0.3) is 11.0 Å². The maximum absolute atomic E-state index is 12.5. The Bertz CT molecular complexity index is 1090. The first kappa shape index (κ1) is 19.7. The Morgan fingerprint density at radius 1 is 1.41 bits per heavy atom. The van der Waals surface area contributed by atoms with Crippen LogP contribution in [0.5, 0.6) is 5.75 Å². The van der Waals surface area contributed by atoms with Crippen LogP contribution < -0.4 is 15.7 Å². The lowest BCUT2D eigenvalue weighted by atomic mass is 10.00.